The number of rotatable bonds is 10. The summed E-state index contributed by atoms with van der Waals surface area (Å²) in [6, 6.07) is 21.2. The van der Waals surface area contributed by atoms with Crippen LogP contribution in [0.2, 0.25) is 0 Å². The monoisotopic (exact) mass is 589 g/mol. The Balaban J connectivity index is 1.33. The normalized spacial score (nSPS) is 11.6. The van der Waals surface area contributed by atoms with E-state index in [1.54, 1.807) is 18.5 Å². The molecule has 0 aliphatic carbocycles. The van der Waals surface area contributed by atoms with E-state index in [2.05, 4.69) is 47.8 Å². The number of hydrogen-bond acceptors (Lipinski definition) is 5. The van der Waals surface area contributed by atoms with E-state index < -0.39 is 0 Å². The first-order valence-corrected chi connectivity index (χ1v) is 14.8. The molecule has 3 aromatic carbocycles. The number of amides is 1. The number of H-pyrrole nitrogens is 2. The van der Waals surface area contributed by atoms with Gasteiger partial charge < -0.3 is 20.5 Å². The third-order valence-corrected chi connectivity index (χ3v) is 7.53. The van der Waals surface area contributed by atoms with Crippen LogP contribution in [0.25, 0.3) is 55.4 Å². The number of likely N-dealkylation sites (N-methyl/N-ethyl adjacent to an activating group) is 1. The van der Waals surface area contributed by atoms with Crippen LogP contribution >= 0.6 is 0 Å². The summed E-state index contributed by atoms with van der Waals surface area (Å²) in [5.41, 5.74) is 8.46. The van der Waals surface area contributed by atoms with E-state index in [1.165, 1.54) is 6.07 Å². The van der Waals surface area contributed by atoms with Crippen LogP contribution in [-0.2, 0) is 4.79 Å². The summed E-state index contributed by atoms with van der Waals surface area (Å²) < 4.78 is 14.7. The predicted octanol–water partition coefficient (Wildman–Crippen LogP) is 7.54. The maximum Gasteiger partial charge on any atom is 0.224 e. The number of anilines is 2. The molecule has 0 spiro atoms. The largest absolute Gasteiger partial charge is 0.384 e. The number of pyridine rings is 1. The first kappa shape index (κ1) is 29.1. The summed E-state index contributed by atoms with van der Waals surface area (Å²) in [6.45, 7) is 5.60. The lowest BCUT2D eigenvalue weighted by Crippen LogP contribution is -2.20. The van der Waals surface area contributed by atoms with Gasteiger partial charge in [-0.2, -0.15) is 5.10 Å². The van der Waals surface area contributed by atoms with Gasteiger partial charge in [-0.3, -0.25) is 14.9 Å². The van der Waals surface area contributed by atoms with Crippen molar-refractivity contribution in [3.63, 3.8) is 0 Å². The number of fused-ring (bicyclic) bond motifs is 2. The molecule has 0 unspecified atom stereocenters. The summed E-state index contributed by atoms with van der Waals surface area (Å²) in [5, 5.41) is 16.0. The highest BCUT2D eigenvalue weighted by molar-refractivity contribution is 6.02. The minimum absolute atomic E-state index is 0.0280. The highest BCUT2D eigenvalue weighted by Crippen LogP contribution is 2.36. The molecule has 3 aromatic heterocycles. The average molecular weight is 590 g/mol. The molecule has 6 aromatic rings. The van der Waals surface area contributed by atoms with Crippen LogP contribution in [0.5, 0.6) is 0 Å². The van der Waals surface area contributed by atoms with Crippen molar-refractivity contribution in [2.45, 2.75) is 20.3 Å². The molecule has 1 amide bonds. The second-order valence-corrected chi connectivity index (χ2v) is 11.8. The number of nitrogens with one attached hydrogen (secondary N) is 4. The number of benzene rings is 3. The second-order valence-electron chi connectivity index (χ2n) is 11.8. The van der Waals surface area contributed by atoms with Gasteiger partial charge in [-0.05, 0) is 85.2 Å². The first-order valence-electron chi connectivity index (χ1n) is 14.8. The van der Waals surface area contributed by atoms with Gasteiger partial charge in [0.2, 0.25) is 5.91 Å². The zero-order valence-electron chi connectivity index (χ0n) is 25.3. The van der Waals surface area contributed by atoms with Crippen LogP contribution in [-0.4, -0.2) is 58.2 Å². The minimum Gasteiger partial charge on any atom is -0.384 e. The van der Waals surface area contributed by atoms with Crippen molar-refractivity contribution in [1.82, 2.24) is 25.1 Å². The third kappa shape index (κ3) is 6.33. The highest BCUT2D eigenvalue weighted by Gasteiger charge is 2.16. The number of hydrogen-bond donors (Lipinski definition) is 4. The molecule has 8 nitrogen and oxygen atoms in total. The quantitative estimate of drug-likeness (QED) is 0.132. The van der Waals surface area contributed by atoms with Crippen molar-refractivity contribution >= 4 is 39.1 Å². The van der Waals surface area contributed by atoms with Gasteiger partial charge in [0.1, 0.15) is 11.5 Å². The Morgan fingerprint density at radius 1 is 0.909 bits per heavy atom. The average Bonchev–Trinajstić information content (AvgIpc) is 3.60. The van der Waals surface area contributed by atoms with Crippen LogP contribution in [0.15, 0.2) is 79.1 Å². The predicted molar refractivity (Wildman–Crippen MR) is 177 cm³/mol. The smallest absolute Gasteiger partial charge is 0.224 e. The molecular weight excluding hydrogens is 553 g/mol. The van der Waals surface area contributed by atoms with Gasteiger partial charge in [0, 0.05) is 53.2 Å². The Labute approximate surface area is 255 Å². The molecule has 0 radical (unpaired) electrons. The number of aromatic nitrogens is 4. The molecule has 0 saturated heterocycles. The summed E-state index contributed by atoms with van der Waals surface area (Å²) in [6.07, 6.45) is 3.90. The van der Waals surface area contributed by atoms with Crippen LogP contribution in [0, 0.1) is 11.7 Å². The Morgan fingerprint density at radius 2 is 1.75 bits per heavy atom. The van der Waals surface area contributed by atoms with Gasteiger partial charge in [-0.25, -0.2) is 4.39 Å². The van der Waals surface area contributed by atoms with Gasteiger partial charge in [0.15, 0.2) is 0 Å². The zero-order chi connectivity index (χ0) is 30.8. The van der Waals surface area contributed by atoms with Gasteiger partial charge in [0.25, 0.3) is 0 Å². The van der Waals surface area contributed by atoms with E-state index in [0.717, 1.165) is 74.2 Å². The maximum atomic E-state index is 14.7. The topological polar surface area (TPSA) is 102 Å². The Bertz CT molecular complexity index is 1960. The second kappa shape index (κ2) is 12.3. The Kier molecular flexibility index (Phi) is 8.13. The van der Waals surface area contributed by atoms with Crippen molar-refractivity contribution in [2.24, 2.45) is 5.92 Å². The minimum atomic E-state index is -0.286. The molecule has 9 heteroatoms. The van der Waals surface area contributed by atoms with E-state index in [1.807, 2.05) is 70.4 Å². The molecule has 6 rings (SSSR count). The molecule has 0 aliphatic rings. The van der Waals surface area contributed by atoms with Gasteiger partial charge in [-0.1, -0.05) is 32.0 Å². The van der Waals surface area contributed by atoms with Gasteiger partial charge >= 0.3 is 0 Å². The molecule has 3 heterocycles. The Hall–Kier alpha value is -5.02. The van der Waals surface area contributed by atoms with Gasteiger partial charge in [-0.15, -0.1) is 0 Å². The van der Waals surface area contributed by atoms with Crippen LogP contribution in [0.1, 0.15) is 20.3 Å². The van der Waals surface area contributed by atoms with Crippen molar-refractivity contribution < 1.29 is 9.18 Å². The number of carbonyl (C=O) groups is 1. The fourth-order valence-electron chi connectivity index (χ4n) is 5.45. The molecule has 44 heavy (non-hydrogen) atoms. The maximum absolute atomic E-state index is 14.7. The molecule has 0 fully saturated rings. The van der Waals surface area contributed by atoms with E-state index in [4.69, 9.17) is 0 Å². The molecule has 0 saturated carbocycles. The lowest BCUT2D eigenvalue weighted by molar-refractivity contribution is -0.116. The lowest BCUT2D eigenvalue weighted by Gasteiger charge is -2.13. The summed E-state index contributed by atoms with van der Waals surface area (Å²) in [7, 11) is 4.02. The molecule has 224 valence electrons. The molecular formula is C35H36FN7O. The van der Waals surface area contributed by atoms with Crippen LogP contribution in [0.4, 0.5) is 15.8 Å². The van der Waals surface area contributed by atoms with Gasteiger partial charge in [0.05, 0.1) is 23.1 Å². The van der Waals surface area contributed by atoms with Crippen LogP contribution in [0.3, 0.4) is 0 Å². The number of carbonyl (C=O) groups excluding carboxylic acids is 1. The van der Waals surface area contributed by atoms with Crippen LogP contribution < -0.4 is 10.6 Å². The number of halogens is 1. The van der Waals surface area contributed by atoms with E-state index >= 15 is 0 Å². The fraction of sp³-hybridized carbons (Fsp3) is 0.229. The highest BCUT2D eigenvalue weighted by atomic mass is 19.1. The number of aromatic amines is 2. The molecule has 0 bridgehead atoms. The zero-order valence-corrected chi connectivity index (χ0v) is 25.3. The first-order chi connectivity index (χ1) is 21.2. The van der Waals surface area contributed by atoms with Crippen molar-refractivity contribution in [3.8, 4) is 33.6 Å². The van der Waals surface area contributed by atoms with Crippen molar-refractivity contribution in [1.29, 1.82) is 0 Å². The van der Waals surface area contributed by atoms with Crippen molar-refractivity contribution in [3.05, 3.63) is 84.9 Å². The molecule has 0 atom stereocenters. The molecule has 4 N–H and O–H groups in total. The Morgan fingerprint density at radius 3 is 2.57 bits per heavy atom. The summed E-state index contributed by atoms with van der Waals surface area (Å²) >= 11 is 0. The summed E-state index contributed by atoms with van der Waals surface area (Å²) in [5.74, 6) is -0.0403. The third-order valence-electron chi connectivity index (χ3n) is 7.53. The standard InChI is InChI=1S/C35H36FN7O/c1-21(2)12-34(44)39-27-15-24(19-37-20-27)22-8-9-32-30(16-22)35(42-41-32)33-18-29-28(6-5-7-31(29)40-33)23-13-25(36)17-26(14-23)38-10-11-43(3)4/h5-9,13-21,38,40H,10-12H2,1-4H3,(H,39,44)(H,41,42). The molecule has 0 aliphatic heterocycles. The summed E-state index contributed by atoms with van der Waals surface area (Å²) in [4.78, 5) is 22.3. The van der Waals surface area contributed by atoms with Crippen molar-refractivity contribution in [2.75, 3.05) is 37.8 Å². The van der Waals surface area contributed by atoms with E-state index in [-0.39, 0.29) is 17.6 Å². The van der Waals surface area contributed by atoms with E-state index in [0.29, 0.717) is 12.1 Å². The fourth-order valence-corrected chi connectivity index (χ4v) is 5.45. The SMILES string of the molecule is CC(C)CC(=O)Nc1cncc(-c2ccc3[nH]nc(-c4cc5c(-c6cc(F)cc(NCCN(C)C)c6)cccc5[nH]4)c3c2)c1. The number of nitrogens with zero attached hydrogens (tertiary/aromatic N) is 3. The van der Waals surface area contributed by atoms with E-state index in [9.17, 15) is 9.18 Å². The lowest BCUT2D eigenvalue weighted by atomic mass is 10.0.